The highest BCUT2D eigenvalue weighted by molar-refractivity contribution is 9.10. The molecule has 0 spiro atoms. The molecule has 0 saturated carbocycles. The molecule has 0 bridgehead atoms. The number of ether oxygens (including phenoxy) is 2. The molecule has 0 heterocycles. The summed E-state index contributed by atoms with van der Waals surface area (Å²) in [5, 5.41) is 2.94. The van der Waals surface area contributed by atoms with Crippen LogP contribution in [0.5, 0.6) is 11.5 Å². The summed E-state index contributed by atoms with van der Waals surface area (Å²) in [6.07, 6.45) is 3.24. The van der Waals surface area contributed by atoms with Crippen LogP contribution in [0.4, 0.5) is 0 Å². The Kier molecular flexibility index (Phi) is 6.44. The fourth-order valence-electron chi connectivity index (χ4n) is 2.29. The van der Waals surface area contributed by atoms with Gasteiger partial charge in [0.15, 0.2) is 11.5 Å². The van der Waals surface area contributed by atoms with Crippen molar-refractivity contribution in [3.63, 3.8) is 0 Å². The molecular weight excluding hydrogens is 370 g/mol. The molecule has 1 unspecified atom stereocenters. The maximum Gasteiger partial charge on any atom is 0.244 e. The first-order chi connectivity index (χ1) is 11.5. The Hall–Kier alpha value is -2.27. The standard InChI is InChI=1S/C19H20BrNO3/c1-13(15-7-5-4-6-8-15)21-18(22)10-9-14-11-16(20)19(24-3)17(12-14)23-2/h4-13H,1-3H3,(H,21,22)/b10-9+. The minimum Gasteiger partial charge on any atom is -0.493 e. The Morgan fingerprint density at radius 3 is 2.50 bits per heavy atom. The smallest absolute Gasteiger partial charge is 0.244 e. The van der Waals surface area contributed by atoms with Gasteiger partial charge in [0.2, 0.25) is 5.91 Å². The normalized spacial score (nSPS) is 12.0. The number of nitrogens with one attached hydrogen (secondary N) is 1. The van der Waals surface area contributed by atoms with Crippen molar-refractivity contribution in [1.29, 1.82) is 0 Å². The van der Waals surface area contributed by atoms with Crippen LogP contribution in [0.1, 0.15) is 24.1 Å². The Bertz CT molecular complexity index is 729. The third kappa shape index (κ3) is 4.61. The predicted molar refractivity (Wildman–Crippen MR) is 99.3 cm³/mol. The quantitative estimate of drug-likeness (QED) is 0.746. The molecule has 0 aliphatic heterocycles. The number of amides is 1. The maximum atomic E-state index is 12.1. The molecule has 4 nitrogen and oxygen atoms in total. The molecule has 0 aliphatic carbocycles. The van der Waals surface area contributed by atoms with Crippen molar-refractivity contribution in [2.45, 2.75) is 13.0 Å². The second kappa shape index (κ2) is 8.55. The van der Waals surface area contributed by atoms with Gasteiger partial charge in [-0.1, -0.05) is 30.3 Å². The lowest BCUT2D eigenvalue weighted by molar-refractivity contribution is -0.117. The third-order valence-corrected chi connectivity index (χ3v) is 4.13. The molecule has 0 aliphatic rings. The highest BCUT2D eigenvalue weighted by Crippen LogP contribution is 2.36. The van der Waals surface area contributed by atoms with E-state index >= 15 is 0 Å². The van der Waals surface area contributed by atoms with Crippen LogP contribution >= 0.6 is 15.9 Å². The first-order valence-corrected chi connectivity index (χ1v) is 8.29. The molecule has 24 heavy (non-hydrogen) atoms. The fourth-order valence-corrected chi connectivity index (χ4v) is 2.91. The zero-order valence-electron chi connectivity index (χ0n) is 13.9. The second-order valence-corrected chi connectivity index (χ2v) is 6.07. The number of carbonyl (C=O) groups is 1. The van der Waals surface area contributed by atoms with E-state index in [1.54, 1.807) is 20.3 Å². The highest BCUT2D eigenvalue weighted by atomic mass is 79.9. The van der Waals surface area contributed by atoms with Crippen molar-refractivity contribution >= 4 is 27.9 Å². The zero-order chi connectivity index (χ0) is 17.5. The van der Waals surface area contributed by atoms with E-state index in [0.29, 0.717) is 11.5 Å². The molecule has 126 valence electrons. The summed E-state index contributed by atoms with van der Waals surface area (Å²) in [6, 6.07) is 13.5. The van der Waals surface area contributed by atoms with E-state index in [0.717, 1.165) is 15.6 Å². The lowest BCUT2D eigenvalue weighted by atomic mass is 10.1. The van der Waals surface area contributed by atoms with Gasteiger partial charge < -0.3 is 14.8 Å². The highest BCUT2D eigenvalue weighted by Gasteiger charge is 2.10. The minimum absolute atomic E-state index is 0.0551. The summed E-state index contributed by atoms with van der Waals surface area (Å²) in [7, 11) is 3.16. The first kappa shape index (κ1) is 18.1. The lowest BCUT2D eigenvalue weighted by Crippen LogP contribution is -2.24. The van der Waals surface area contributed by atoms with Gasteiger partial charge in [0.05, 0.1) is 24.7 Å². The van der Waals surface area contributed by atoms with Crippen LogP contribution in [0.2, 0.25) is 0 Å². The number of methoxy groups -OCH3 is 2. The van der Waals surface area contributed by atoms with Gasteiger partial charge in [0.1, 0.15) is 0 Å². The average molecular weight is 390 g/mol. The van der Waals surface area contributed by atoms with E-state index in [9.17, 15) is 4.79 Å². The van der Waals surface area contributed by atoms with Gasteiger partial charge in [0.25, 0.3) is 0 Å². The van der Waals surface area contributed by atoms with Crippen LogP contribution in [0.25, 0.3) is 6.08 Å². The summed E-state index contributed by atoms with van der Waals surface area (Å²) in [5.74, 6) is 1.07. The summed E-state index contributed by atoms with van der Waals surface area (Å²) >= 11 is 3.44. The summed E-state index contributed by atoms with van der Waals surface area (Å²) in [4.78, 5) is 12.1. The molecule has 2 aromatic carbocycles. The topological polar surface area (TPSA) is 47.6 Å². The van der Waals surface area contributed by atoms with Gasteiger partial charge in [-0.2, -0.15) is 0 Å². The third-order valence-electron chi connectivity index (χ3n) is 3.54. The monoisotopic (exact) mass is 389 g/mol. The average Bonchev–Trinajstić information content (AvgIpc) is 2.60. The fraction of sp³-hybridized carbons (Fsp3) is 0.211. The molecule has 0 aromatic heterocycles. The van der Waals surface area contributed by atoms with Gasteiger partial charge in [-0.3, -0.25) is 4.79 Å². The number of hydrogen-bond donors (Lipinski definition) is 1. The number of hydrogen-bond acceptors (Lipinski definition) is 3. The predicted octanol–water partition coefficient (Wildman–Crippen LogP) is 4.36. The van der Waals surface area contributed by atoms with Crippen molar-refractivity contribution in [3.8, 4) is 11.5 Å². The molecule has 0 fully saturated rings. The van der Waals surface area contributed by atoms with E-state index in [4.69, 9.17) is 9.47 Å². The van der Waals surface area contributed by atoms with Gasteiger partial charge in [-0.25, -0.2) is 0 Å². The van der Waals surface area contributed by atoms with E-state index in [2.05, 4.69) is 21.2 Å². The largest absolute Gasteiger partial charge is 0.493 e. The van der Waals surface area contributed by atoms with Crippen LogP contribution < -0.4 is 14.8 Å². The van der Waals surface area contributed by atoms with Gasteiger partial charge in [0, 0.05) is 6.08 Å². The Balaban J connectivity index is 2.07. The van der Waals surface area contributed by atoms with Crippen molar-refractivity contribution in [3.05, 3.63) is 64.1 Å². The van der Waals surface area contributed by atoms with Crippen LogP contribution in [-0.2, 0) is 4.79 Å². The Labute approximate surface area is 150 Å². The van der Waals surface area contributed by atoms with Gasteiger partial charge in [-0.15, -0.1) is 0 Å². The van der Waals surface area contributed by atoms with Crippen molar-refractivity contribution in [1.82, 2.24) is 5.32 Å². The Morgan fingerprint density at radius 1 is 1.17 bits per heavy atom. The van der Waals surface area contributed by atoms with E-state index in [-0.39, 0.29) is 11.9 Å². The molecule has 5 heteroatoms. The second-order valence-electron chi connectivity index (χ2n) is 5.21. The molecule has 1 amide bonds. The number of benzene rings is 2. The molecule has 1 N–H and O–H groups in total. The van der Waals surface area contributed by atoms with E-state index in [1.165, 1.54) is 6.08 Å². The van der Waals surface area contributed by atoms with Gasteiger partial charge >= 0.3 is 0 Å². The number of halogens is 1. The Morgan fingerprint density at radius 2 is 1.88 bits per heavy atom. The molecular formula is C19H20BrNO3. The summed E-state index contributed by atoms with van der Waals surface area (Å²) in [5.41, 5.74) is 1.90. The van der Waals surface area contributed by atoms with Crippen LogP contribution in [0, 0.1) is 0 Å². The van der Waals surface area contributed by atoms with Crippen molar-refractivity contribution < 1.29 is 14.3 Å². The minimum atomic E-state index is -0.155. The van der Waals surface area contributed by atoms with Crippen molar-refractivity contribution in [2.24, 2.45) is 0 Å². The first-order valence-electron chi connectivity index (χ1n) is 7.50. The van der Waals surface area contributed by atoms with Crippen LogP contribution in [-0.4, -0.2) is 20.1 Å². The van der Waals surface area contributed by atoms with E-state index < -0.39 is 0 Å². The molecule has 2 aromatic rings. The molecule has 2 rings (SSSR count). The summed E-state index contributed by atoms with van der Waals surface area (Å²) in [6.45, 7) is 1.95. The maximum absolute atomic E-state index is 12.1. The molecule has 0 radical (unpaired) electrons. The number of carbonyl (C=O) groups excluding carboxylic acids is 1. The summed E-state index contributed by atoms with van der Waals surface area (Å²) < 4.78 is 11.3. The molecule has 0 saturated heterocycles. The number of rotatable bonds is 6. The SMILES string of the molecule is COc1cc(/C=C/C(=O)NC(C)c2ccccc2)cc(Br)c1OC. The zero-order valence-corrected chi connectivity index (χ0v) is 15.5. The molecule has 1 atom stereocenters. The van der Waals surface area contributed by atoms with Gasteiger partial charge in [-0.05, 0) is 52.2 Å². The lowest BCUT2D eigenvalue weighted by Gasteiger charge is -2.13. The van der Waals surface area contributed by atoms with Crippen molar-refractivity contribution in [2.75, 3.05) is 14.2 Å². The van der Waals surface area contributed by atoms with E-state index in [1.807, 2.05) is 49.4 Å². The van der Waals surface area contributed by atoms with Crippen LogP contribution in [0.15, 0.2) is 53.0 Å². The van der Waals surface area contributed by atoms with Crippen LogP contribution in [0.3, 0.4) is 0 Å².